The third-order valence-corrected chi connectivity index (χ3v) is 7.70. The lowest BCUT2D eigenvalue weighted by molar-refractivity contribution is -0.138. The van der Waals surface area contributed by atoms with Gasteiger partial charge in [-0.05, 0) is 110 Å². The van der Waals surface area contributed by atoms with E-state index >= 15 is 0 Å². The van der Waals surface area contributed by atoms with Gasteiger partial charge in [0, 0.05) is 5.56 Å². The summed E-state index contributed by atoms with van der Waals surface area (Å²) in [4.78, 5) is 34.0. The summed E-state index contributed by atoms with van der Waals surface area (Å²) in [6, 6.07) is 15.6. The van der Waals surface area contributed by atoms with Crippen LogP contribution in [0.1, 0.15) is 59.0 Å². The molecule has 4 aromatic rings. The van der Waals surface area contributed by atoms with Crippen molar-refractivity contribution >= 4 is 23.0 Å². The minimum Gasteiger partial charge on any atom is -0.481 e. The highest BCUT2D eigenvalue weighted by molar-refractivity contribution is 5.94. The van der Waals surface area contributed by atoms with E-state index in [4.69, 9.17) is 14.7 Å². The molecule has 3 atom stereocenters. The van der Waals surface area contributed by atoms with Crippen molar-refractivity contribution in [1.29, 1.82) is 0 Å². The number of hydrogen-bond donors (Lipinski definition) is 1. The predicted molar refractivity (Wildman–Crippen MR) is 140 cm³/mol. The van der Waals surface area contributed by atoms with Crippen molar-refractivity contribution < 1.29 is 28.2 Å². The van der Waals surface area contributed by atoms with E-state index in [0.717, 1.165) is 24.0 Å². The second kappa shape index (κ2) is 10.2. The Morgan fingerprint density at radius 2 is 1.74 bits per heavy atom. The lowest BCUT2D eigenvalue weighted by Crippen LogP contribution is -2.17. The smallest absolute Gasteiger partial charge is 0.338 e. The van der Waals surface area contributed by atoms with Crippen LogP contribution in [0.2, 0.25) is 0 Å². The Morgan fingerprint density at radius 1 is 0.949 bits per heavy atom. The van der Waals surface area contributed by atoms with E-state index in [1.807, 2.05) is 0 Å². The number of aliphatic carboxylic acids is 1. The number of carboxylic acids is 1. The normalized spacial score (nSPS) is 19.9. The molecule has 0 saturated heterocycles. The quantitative estimate of drug-likeness (QED) is 0.277. The van der Waals surface area contributed by atoms with Gasteiger partial charge in [0.15, 0.2) is 0 Å². The Hall–Kier alpha value is -4.20. The standard InChI is InChI=1S/C31H26F2N2O4/c32-21-8-4-17(5-9-21)29-26(13-6-19-15-24(19)30(36)37)34-27-16-20(7-12-25(27)35-29)31(38)39-28-3-1-2-18-14-22(33)10-11-23(18)28/h4-5,7-12,14,16,19,24,28H,1-3,6,13,15H2,(H,36,37)/t19?,24?,28-/m1/s1. The van der Waals surface area contributed by atoms with Crippen molar-refractivity contribution in [3.05, 3.63) is 94.7 Å². The van der Waals surface area contributed by atoms with Crippen molar-refractivity contribution in [3.63, 3.8) is 0 Å². The number of rotatable bonds is 7. The number of benzene rings is 3. The number of esters is 1. The maximum absolute atomic E-state index is 13.7. The molecule has 8 heteroatoms. The minimum absolute atomic E-state index is 0.0919. The molecule has 1 heterocycles. The van der Waals surface area contributed by atoms with E-state index in [0.29, 0.717) is 59.2 Å². The number of aryl methyl sites for hydroxylation is 2. The average Bonchev–Trinajstić information content (AvgIpc) is 3.72. The molecule has 0 bridgehead atoms. The van der Waals surface area contributed by atoms with Gasteiger partial charge in [-0.1, -0.05) is 6.07 Å². The summed E-state index contributed by atoms with van der Waals surface area (Å²) in [6.45, 7) is 0. The summed E-state index contributed by atoms with van der Waals surface area (Å²) in [5, 5.41) is 9.26. The van der Waals surface area contributed by atoms with Gasteiger partial charge in [-0.3, -0.25) is 4.79 Å². The number of halogens is 2. The molecule has 2 aliphatic carbocycles. The molecule has 1 N–H and O–H groups in total. The number of carbonyl (C=O) groups is 2. The molecule has 2 aliphatic rings. The van der Waals surface area contributed by atoms with Crippen LogP contribution >= 0.6 is 0 Å². The van der Waals surface area contributed by atoms with Crippen LogP contribution in [0.15, 0.2) is 60.7 Å². The number of fused-ring (bicyclic) bond motifs is 2. The molecule has 1 saturated carbocycles. The van der Waals surface area contributed by atoms with Gasteiger partial charge in [-0.25, -0.2) is 23.5 Å². The van der Waals surface area contributed by atoms with Gasteiger partial charge in [0.05, 0.1) is 33.9 Å². The molecule has 0 aliphatic heterocycles. The Bertz CT molecular complexity index is 1590. The highest BCUT2D eigenvalue weighted by Gasteiger charge is 2.42. The Kier molecular flexibility index (Phi) is 6.54. The zero-order valence-electron chi connectivity index (χ0n) is 21.1. The molecule has 39 heavy (non-hydrogen) atoms. The van der Waals surface area contributed by atoms with E-state index in [1.54, 1.807) is 36.4 Å². The Labute approximate surface area is 223 Å². The highest BCUT2D eigenvalue weighted by atomic mass is 19.1. The van der Waals surface area contributed by atoms with Gasteiger partial charge >= 0.3 is 11.9 Å². The summed E-state index contributed by atoms with van der Waals surface area (Å²) in [5.41, 5.74) is 5.10. The second-order valence-electron chi connectivity index (χ2n) is 10.3. The topological polar surface area (TPSA) is 89.4 Å². The van der Waals surface area contributed by atoms with Crippen molar-refractivity contribution in [3.8, 4) is 11.3 Å². The summed E-state index contributed by atoms with van der Waals surface area (Å²) in [6.07, 6.45) is 3.58. The lowest BCUT2D eigenvalue weighted by atomic mass is 9.89. The van der Waals surface area contributed by atoms with Crippen molar-refractivity contribution in [2.75, 3.05) is 0 Å². The molecular weight excluding hydrogens is 502 g/mol. The number of carboxylic acid groups (broad SMARTS) is 1. The first-order chi connectivity index (χ1) is 18.9. The SMILES string of the molecule is O=C(O[C@@H]1CCCc2cc(F)ccc21)c1ccc2nc(-c3ccc(F)cc3)c(CCC3CC3C(=O)O)nc2c1. The van der Waals surface area contributed by atoms with E-state index in [1.165, 1.54) is 24.3 Å². The fraction of sp³-hybridized carbons (Fsp3) is 0.290. The van der Waals surface area contributed by atoms with E-state index in [2.05, 4.69) is 0 Å². The molecular formula is C31H26F2N2O4. The molecule has 6 rings (SSSR count). The Balaban J connectivity index is 1.29. The van der Waals surface area contributed by atoms with Gasteiger partial charge in [-0.2, -0.15) is 0 Å². The van der Waals surface area contributed by atoms with Gasteiger partial charge in [0.25, 0.3) is 0 Å². The number of nitrogens with zero attached hydrogens (tertiary/aromatic N) is 2. The molecule has 0 spiro atoms. The fourth-order valence-corrected chi connectivity index (χ4v) is 5.48. The van der Waals surface area contributed by atoms with Crippen LogP contribution in [0.25, 0.3) is 22.3 Å². The largest absolute Gasteiger partial charge is 0.481 e. The second-order valence-corrected chi connectivity index (χ2v) is 10.3. The van der Waals surface area contributed by atoms with E-state index < -0.39 is 18.0 Å². The molecule has 0 radical (unpaired) electrons. The molecule has 1 aromatic heterocycles. The monoisotopic (exact) mass is 528 g/mol. The summed E-state index contributed by atoms with van der Waals surface area (Å²) in [7, 11) is 0. The van der Waals surface area contributed by atoms with Gasteiger partial charge in [0.1, 0.15) is 17.7 Å². The summed E-state index contributed by atoms with van der Waals surface area (Å²) >= 11 is 0. The zero-order chi connectivity index (χ0) is 27.1. The van der Waals surface area contributed by atoms with Gasteiger partial charge < -0.3 is 9.84 Å². The van der Waals surface area contributed by atoms with Gasteiger partial charge in [0.2, 0.25) is 0 Å². The van der Waals surface area contributed by atoms with Crippen LogP contribution in [0, 0.1) is 23.5 Å². The molecule has 2 unspecified atom stereocenters. The van der Waals surface area contributed by atoms with Crippen LogP contribution in [-0.2, 0) is 22.4 Å². The van der Waals surface area contributed by atoms with Crippen LogP contribution in [0.4, 0.5) is 8.78 Å². The number of carbonyl (C=O) groups excluding carboxylic acids is 1. The van der Waals surface area contributed by atoms with Gasteiger partial charge in [-0.15, -0.1) is 0 Å². The molecule has 0 amide bonds. The van der Waals surface area contributed by atoms with E-state index in [-0.39, 0.29) is 23.5 Å². The van der Waals surface area contributed by atoms with Crippen LogP contribution in [-0.4, -0.2) is 27.0 Å². The molecule has 1 fully saturated rings. The van der Waals surface area contributed by atoms with Crippen LogP contribution in [0.3, 0.4) is 0 Å². The number of ether oxygens (including phenoxy) is 1. The minimum atomic E-state index is -0.780. The van der Waals surface area contributed by atoms with Crippen LogP contribution < -0.4 is 0 Å². The highest BCUT2D eigenvalue weighted by Crippen LogP contribution is 2.42. The number of hydrogen-bond acceptors (Lipinski definition) is 5. The Morgan fingerprint density at radius 3 is 2.51 bits per heavy atom. The third kappa shape index (κ3) is 5.24. The van der Waals surface area contributed by atoms with Crippen molar-refractivity contribution in [2.24, 2.45) is 11.8 Å². The molecule has 6 nitrogen and oxygen atoms in total. The summed E-state index contributed by atoms with van der Waals surface area (Å²) < 4.78 is 33.1. The predicted octanol–water partition coefficient (Wildman–Crippen LogP) is 6.46. The van der Waals surface area contributed by atoms with E-state index in [9.17, 15) is 23.5 Å². The van der Waals surface area contributed by atoms with Crippen LogP contribution in [0.5, 0.6) is 0 Å². The maximum atomic E-state index is 13.7. The molecule has 198 valence electrons. The lowest BCUT2D eigenvalue weighted by Gasteiger charge is -2.25. The third-order valence-electron chi connectivity index (χ3n) is 7.70. The zero-order valence-corrected chi connectivity index (χ0v) is 21.1. The van der Waals surface area contributed by atoms with Crippen molar-refractivity contribution in [2.45, 2.75) is 44.6 Å². The first kappa shape index (κ1) is 25.1. The maximum Gasteiger partial charge on any atom is 0.338 e. The summed E-state index contributed by atoms with van der Waals surface area (Å²) in [5.74, 6) is -2.16. The first-order valence-electron chi connectivity index (χ1n) is 13.1. The fourth-order valence-electron chi connectivity index (χ4n) is 5.48. The first-order valence-corrected chi connectivity index (χ1v) is 13.1. The average molecular weight is 529 g/mol. The van der Waals surface area contributed by atoms with Crippen molar-refractivity contribution in [1.82, 2.24) is 9.97 Å². The number of aromatic nitrogens is 2. The molecule has 3 aromatic carbocycles.